The summed E-state index contributed by atoms with van der Waals surface area (Å²) in [4.78, 5) is 3.22. The Hall–Kier alpha value is -2.52. The summed E-state index contributed by atoms with van der Waals surface area (Å²) in [6.45, 7) is 5.97. The number of rotatable bonds is 8. The maximum atomic E-state index is 5.68. The molecule has 0 saturated carbocycles. The zero-order valence-corrected chi connectivity index (χ0v) is 13.2. The summed E-state index contributed by atoms with van der Waals surface area (Å²) in [6, 6.07) is 16.8. The van der Waals surface area contributed by atoms with Gasteiger partial charge >= 0.3 is 0 Å². The monoisotopic (exact) mass is 306 g/mol. The van der Waals surface area contributed by atoms with E-state index in [-0.39, 0.29) is 0 Å². The minimum Gasteiger partial charge on any atom is -0.489 e. The van der Waals surface area contributed by atoms with Crippen LogP contribution in [0.2, 0.25) is 0 Å². The molecule has 0 bridgehead atoms. The summed E-state index contributed by atoms with van der Waals surface area (Å²) < 4.78 is 5.68. The molecule has 3 aromatic rings. The van der Waals surface area contributed by atoms with Gasteiger partial charge in [0.15, 0.2) is 0 Å². The zero-order chi connectivity index (χ0) is 15.9. The predicted octanol–water partition coefficient (Wildman–Crippen LogP) is 4.07. The Morgan fingerprint density at radius 2 is 2.04 bits per heavy atom. The molecule has 0 aliphatic heterocycles. The second-order valence-corrected chi connectivity index (χ2v) is 5.53. The van der Waals surface area contributed by atoms with Crippen LogP contribution in [0.1, 0.15) is 11.1 Å². The number of aromatic amines is 1. The number of fused-ring (bicyclic) bond motifs is 1. The maximum absolute atomic E-state index is 5.68. The molecular weight excluding hydrogens is 284 g/mol. The Kier molecular flexibility index (Phi) is 5.12. The lowest BCUT2D eigenvalue weighted by molar-refractivity contribution is 0.358. The predicted molar refractivity (Wildman–Crippen MR) is 95.8 cm³/mol. The third-order valence-corrected chi connectivity index (χ3v) is 3.85. The van der Waals surface area contributed by atoms with Crippen molar-refractivity contribution >= 4 is 10.9 Å². The number of hydrogen-bond acceptors (Lipinski definition) is 2. The molecule has 0 spiro atoms. The smallest absolute Gasteiger partial charge is 0.124 e. The average Bonchev–Trinajstić information content (AvgIpc) is 3.05. The molecule has 0 fully saturated rings. The highest BCUT2D eigenvalue weighted by Gasteiger charge is 2.02. The molecule has 0 radical (unpaired) electrons. The molecule has 0 amide bonds. The fourth-order valence-electron chi connectivity index (χ4n) is 2.65. The molecule has 118 valence electrons. The van der Waals surface area contributed by atoms with Crippen molar-refractivity contribution in [1.29, 1.82) is 0 Å². The van der Waals surface area contributed by atoms with E-state index in [1.54, 1.807) is 6.08 Å². The molecule has 3 nitrogen and oxygen atoms in total. The van der Waals surface area contributed by atoms with Gasteiger partial charge in [-0.2, -0.15) is 0 Å². The fourth-order valence-corrected chi connectivity index (χ4v) is 2.65. The van der Waals surface area contributed by atoms with Gasteiger partial charge in [-0.1, -0.05) is 36.9 Å². The molecule has 3 heteroatoms. The minimum atomic E-state index is 0.535. The second-order valence-electron chi connectivity index (χ2n) is 5.53. The van der Waals surface area contributed by atoms with Gasteiger partial charge in [-0.3, -0.25) is 0 Å². The van der Waals surface area contributed by atoms with Gasteiger partial charge in [-0.05, 0) is 48.2 Å². The van der Waals surface area contributed by atoms with Crippen LogP contribution in [0.15, 0.2) is 67.4 Å². The van der Waals surface area contributed by atoms with E-state index in [9.17, 15) is 0 Å². The van der Waals surface area contributed by atoms with Gasteiger partial charge in [0.05, 0.1) is 0 Å². The Morgan fingerprint density at radius 1 is 1.13 bits per heavy atom. The maximum Gasteiger partial charge on any atom is 0.124 e. The van der Waals surface area contributed by atoms with Crippen molar-refractivity contribution < 1.29 is 4.74 Å². The molecule has 0 aliphatic carbocycles. The van der Waals surface area contributed by atoms with Crippen LogP contribution in [0.5, 0.6) is 5.75 Å². The average molecular weight is 306 g/mol. The molecule has 23 heavy (non-hydrogen) atoms. The summed E-state index contributed by atoms with van der Waals surface area (Å²) in [5, 5.41) is 4.76. The number of hydrogen-bond donors (Lipinski definition) is 2. The Morgan fingerprint density at radius 3 is 2.96 bits per heavy atom. The van der Waals surface area contributed by atoms with Crippen molar-refractivity contribution in [2.75, 3.05) is 13.2 Å². The number of para-hydroxylation sites is 1. The molecule has 0 aliphatic rings. The van der Waals surface area contributed by atoms with E-state index in [4.69, 9.17) is 4.74 Å². The van der Waals surface area contributed by atoms with Crippen LogP contribution in [0.25, 0.3) is 10.9 Å². The van der Waals surface area contributed by atoms with E-state index in [2.05, 4.69) is 47.2 Å². The van der Waals surface area contributed by atoms with Gasteiger partial charge in [0.2, 0.25) is 0 Å². The lowest BCUT2D eigenvalue weighted by Gasteiger charge is -2.11. The molecule has 0 saturated heterocycles. The molecular formula is C20H22N2O. The van der Waals surface area contributed by atoms with Crippen LogP contribution in [0.3, 0.4) is 0 Å². The number of H-pyrrole nitrogens is 1. The second kappa shape index (κ2) is 7.65. The summed E-state index contributed by atoms with van der Waals surface area (Å²) >= 11 is 0. The van der Waals surface area contributed by atoms with Crippen LogP contribution in [-0.4, -0.2) is 18.1 Å². The number of aromatic nitrogens is 1. The van der Waals surface area contributed by atoms with Gasteiger partial charge in [-0.25, -0.2) is 0 Å². The van der Waals surface area contributed by atoms with Crippen LogP contribution in [0.4, 0.5) is 0 Å². The minimum absolute atomic E-state index is 0.535. The van der Waals surface area contributed by atoms with Crippen LogP contribution in [0, 0.1) is 0 Å². The zero-order valence-electron chi connectivity index (χ0n) is 13.2. The first kappa shape index (κ1) is 15.4. The van der Waals surface area contributed by atoms with Gasteiger partial charge in [-0.15, -0.1) is 0 Å². The number of benzene rings is 2. The van der Waals surface area contributed by atoms with Crippen molar-refractivity contribution in [1.82, 2.24) is 10.3 Å². The van der Waals surface area contributed by atoms with Crippen molar-refractivity contribution in [3.8, 4) is 5.75 Å². The third kappa shape index (κ3) is 4.02. The largest absolute Gasteiger partial charge is 0.489 e. The lowest BCUT2D eigenvalue weighted by atomic mass is 10.1. The SMILES string of the molecule is C=CCOc1ccccc1CNCCc1ccc2[nH]ccc2c1. The summed E-state index contributed by atoms with van der Waals surface area (Å²) in [6.07, 6.45) is 4.76. The first-order valence-corrected chi connectivity index (χ1v) is 7.95. The Bertz CT molecular complexity index is 776. The number of nitrogens with one attached hydrogen (secondary N) is 2. The van der Waals surface area contributed by atoms with E-state index >= 15 is 0 Å². The molecule has 3 rings (SSSR count). The van der Waals surface area contributed by atoms with E-state index < -0.39 is 0 Å². The molecule has 0 atom stereocenters. The highest BCUT2D eigenvalue weighted by Crippen LogP contribution is 2.18. The number of ether oxygens (including phenoxy) is 1. The van der Waals surface area contributed by atoms with Gasteiger partial charge in [0.1, 0.15) is 12.4 Å². The highest BCUT2D eigenvalue weighted by molar-refractivity contribution is 5.79. The van der Waals surface area contributed by atoms with Crippen molar-refractivity contribution in [2.24, 2.45) is 0 Å². The van der Waals surface area contributed by atoms with Gasteiger partial charge < -0.3 is 15.0 Å². The van der Waals surface area contributed by atoms with Gasteiger partial charge in [0.25, 0.3) is 0 Å². The fraction of sp³-hybridized carbons (Fsp3) is 0.200. The van der Waals surface area contributed by atoms with Crippen LogP contribution >= 0.6 is 0 Å². The standard InChI is InChI=1S/C20H22N2O/c1-2-13-23-20-6-4-3-5-18(20)15-21-11-9-16-7-8-19-17(14-16)10-12-22-19/h2-8,10,12,14,21-22H,1,9,11,13,15H2. The highest BCUT2D eigenvalue weighted by atomic mass is 16.5. The summed E-state index contributed by atoms with van der Waals surface area (Å²) in [5.74, 6) is 0.925. The van der Waals surface area contributed by atoms with Crippen molar-refractivity contribution in [2.45, 2.75) is 13.0 Å². The lowest BCUT2D eigenvalue weighted by Crippen LogP contribution is -2.17. The quantitative estimate of drug-likeness (QED) is 0.486. The molecule has 1 aromatic heterocycles. The first-order valence-electron chi connectivity index (χ1n) is 7.95. The van der Waals surface area contributed by atoms with E-state index in [0.29, 0.717) is 6.61 Å². The third-order valence-electron chi connectivity index (χ3n) is 3.85. The molecule has 1 heterocycles. The van der Waals surface area contributed by atoms with Crippen LogP contribution in [-0.2, 0) is 13.0 Å². The van der Waals surface area contributed by atoms with Crippen LogP contribution < -0.4 is 10.1 Å². The van der Waals surface area contributed by atoms with Gasteiger partial charge in [0, 0.05) is 23.8 Å². The van der Waals surface area contributed by atoms with E-state index in [0.717, 1.165) is 25.3 Å². The summed E-state index contributed by atoms with van der Waals surface area (Å²) in [7, 11) is 0. The first-order chi connectivity index (χ1) is 11.4. The normalized spacial score (nSPS) is 10.8. The molecule has 2 N–H and O–H groups in total. The van der Waals surface area contributed by atoms with Crippen molar-refractivity contribution in [3.63, 3.8) is 0 Å². The summed E-state index contributed by atoms with van der Waals surface area (Å²) in [5.41, 5.74) is 3.71. The molecule has 0 unspecified atom stereocenters. The van der Waals surface area contributed by atoms with Crippen molar-refractivity contribution in [3.05, 3.63) is 78.5 Å². The topological polar surface area (TPSA) is 37.0 Å². The Balaban J connectivity index is 1.52. The Labute approximate surface area is 137 Å². The van der Waals surface area contributed by atoms with E-state index in [1.807, 2.05) is 24.4 Å². The van der Waals surface area contributed by atoms with E-state index in [1.165, 1.54) is 22.0 Å². The molecule has 2 aromatic carbocycles.